The van der Waals surface area contributed by atoms with Gasteiger partial charge in [-0.2, -0.15) is 0 Å². The van der Waals surface area contributed by atoms with Crippen LogP contribution in [0.1, 0.15) is 5.69 Å². The summed E-state index contributed by atoms with van der Waals surface area (Å²) in [5.74, 6) is 0. The molecule has 0 spiro atoms. The monoisotopic (exact) mass is 234 g/mol. The van der Waals surface area contributed by atoms with Crippen LogP contribution in [0.15, 0.2) is 54.7 Å². The Bertz CT molecular complexity index is 703. The number of hydrogen-bond donors (Lipinski definition) is 1. The first-order valence-electron chi connectivity index (χ1n) is 5.96. The SMILES string of the molecule is Cc1cc2c(N)c(-c3ccccc3)ccc2cn1. The average molecular weight is 234 g/mol. The van der Waals surface area contributed by atoms with Gasteiger partial charge in [0.2, 0.25) is 0 Å². The zero-order valence-electron chi connectivity index (χ0n) is 10.2. The highest BCUT2D eigenvalue weighted by molar-refractivity contribution is 6.00. The van der Waals surface area contributed by atoms with Crippen LogP contribution in [0, 0.1) is 6.92 Å². The van der Waals surface area contributed by atoms with Gasteiger partial charge in [-0.15, -0.1) is 0 Å². The highest BCUT2D eigenvalue weighted by Crippen LogP contribution is 2.32. The van der Waals surface area contributed by atoms with Gasteiger partial charge >= 0.3 is 0 Å². The van der Waals surface area contributed by atoms with Gasteiger partial charge in [0.1, 0.15) is 0 Å². The van der Waals surface area contributed by atoms with Gasteiger partial charge < -0.3 is 5.73 Å². The highest BCUT2D eigenvalue weighted by atomic mass is 14.7. The minimum absolute atomic E-state index is 0.823. The van der Waals surface area contributed by atoms with Crippen LogP contribution in [0.4, 0.5) is 5.69 Å². The van der Waals surface area contributed by atoms with E-state index in [1.54, 1.807) is 0 Å². The fraction of sp³-hybridized carbons (Fsp3) is 0.0625. The molecular weight excluding hydrogens is 220 g/mol. The molecule has 0 aliphatic carbocycles. The van der Waals surface area contributed by atoms with Crippen LogP contribution in [0.2, 0.25) is 0 Å². The third kappa shape index (κ3) is 1.72. The first-order valence-corrected chi connectivity index (χ1v) is 5.96. The summed E-state index contributed by atoms with van der Waals surface area (Å²) in [4.78, 5) is 4.30. The van der Waals surface area contributed by atoms with Crippen molar-refractivity contribution in [1.29, 1.82) is 0 Å². The van der Waals surface area contributed by atoms with E-state index < -0.39 is 0 Å². The molecule has 1 aromatic heterocycles. The summed E-state index contributed by atoms with van der Waals surface area (Å²) in [6.07, 6.45) is 1.87. The zero-order chi connectivity index (χ0) is 12.5. The summed E-state index contributed by atoms with van der Waals surface area (Å²) in [5.41, 5.74) is 10.3. The Morgan fingerprint density at radius 3 is 2.56 bits per heavy atom. The lowest BCUT2D eigenvalue weighted by atomic mass is 9.99. The molecule has 0 aliphatic heterocycles. The van der Waals surface area contributed by atoms with Crippen molar-refractivity contribution in [3.8, 4) is 11.1 Å². The van der Waals surface area contributed by atoms with Crippen LogP contribution in [-0.2, 0) is 0 Å². The van der Waals surface area contributed by atoms with Crippen molar-refractivity contribution in [2.75, 3.05) is 5.73 Å². The number of pyridine rings is 1. The number of nitrogen functional groups attached to an aromatic ring is 1. The summed E-state index contributed by atoms with van der Waals surface area (Å²) < 4.78 is 0. The normalized spacial score (nSPS) is 10.7. The number of aryl methyl sites for hydroxylation is 1. The maximum atomic E-state index is 6.29. The number of nitrogens with two attached hydrogens (primary N) is 1. The number of fused-ring (bicyclic) bond motifs is 1. The third-order valence-electron chi connectivity index (χ3n) is 3.17. The number of hydrogen-bond acceptors (Lipinski definition) is 2. The maximum Gasteiger partial charge on any atom is 0.0474 e. The van der Waals surface area contributed by atoms with Crippen molar-refractivity contribution in [3.63, 3.8) is 0 Å². The molecule has 0 atom stereocenters. The lowest BCUT2D eigenvalue weighted by Gasteiger charge is -2.09. The fourth-order valence-corrected chi connectivity index (χ4v) is 2.21. The van der Waals surface area contributed by atoms with Crippen LogP contribution >= 0.6 is 0 Å². The van der Waals surface area contributed by atoms with E-state index in [9.17, 15) is 0 Å². The molecule has 1 heterocycles. The average Bonchev–Trinajstić information content (AvgIpc) is 2.41. The topological polar surface area (TPSA) is 38.9 Å². The number of aromatic nitrogens is 1. The quantitative estimate of drug-likeness (QED) is 0.650. The summed E-state index contributed by atoms with van der Waals surface area (Å²) in [6.45, 7) is 1.98. The lowest BCUT2D eigenvalue weighted by molar-refractivity contribution is 1.22. The van der Waals surface area contributed by atoms with Crippen molar-refractivity contribution < 1.29 is 0 Å². The Labute approximate surface area is 106 Å². The van der Waals surface area contributed by atoms with Gasteiger partial charge in [-0.25, -0.2) is 0 Å². The smallest absolute Gasteiger partial charge is 0.0474 e. The summed E-state index contributed by atoms with van der Waals surface area (Å²) >= 11 is 0. The van der Waals surface area contributed by atoms with E-state index >= 15 is 0 Å². The molecule has 3 aromatic rings. The van der Waals surface area contributed by atoms with Crippen LogP contribution in [-0.4, -0.2) is 4.98 Å². The van der Waals surface area contributed by atoms with Gasteiger partial charge in [0.25, 0.3) is 0 Å². The van der Waals surface area contributed by atoms with Gasteiger partial charge in [0, 0.05) is 33.9 Å². The van der Waals surface area contributed by atoms with Gasteiger partial charge in [-0.05, 0) is 18.6 Å². The van der Waals surface area contributed by atoms with Crippen LogP contribution in [0.5, 0.6) is 0 Å². The summed E-state index contributed by atoms with van der Waals surface area (Å²) in [5, 5.41) is 2.15. The standard InChI is InChI=1S/C16H14N2/c1-11-9-15-13(10-18-11)7-8-14(16(15)17)12-5-3-2-4-6-12/h2-10H,17H2,1H3. The van der Waals surface area contributed by atoms with E-state index in [1.807, 2.05) is 37.4 Å². The largest absolute Gasteiger partial charge is 0.398 e. The second kappa shape index (κ2) is 4.15. The molecule has 0 bridgehead atoms. The van der Waals surface area contributed by atoms with Crippen molar-refractivity contribution in [2.45, 2.75) is 6.92 Å². The molecule has 2 nitrogen and oxygen atoms in total. The molecule has 3 rings (SSSR count). The summed E-state index contributed by atoms with van der Waals surface area (Å²) in [7, 11) is 0. The Morgan fingerprint density at radius 2 is 1.78 bits per heavy atom. The molecule has 18 heavy (non-hydrogen) atoms. The van der Waals surface area contributed by atoms with Crippen molar-refractivity contribution in [2.24, 2.45) is 0 Å². The maximum absolute atomic E-state index is 6.29. The molecule has 2 heteroatoms. The molecule has 88 valence electrons. The van der Waals surface area contributed by atoms with Crippen LogP contribution in [0.25, 0.3) is 21.9 Å². The Balaban J connectivity index is 2.29. The molecule has 2 N–H and O–H groups in total. The third-order valence-corrected chi connectivity index (χ3v) is 3.17. The first-order chi connectivity index (χ1) is 8.75. The second-order valence-corrected chi connectivity index (χ2v) is 4.44. The number of nitrogens with zero attached hydrogens (tertiary/aromatic N) is 1. The predicted molar refractivity (Wildman–Crippen MR) is 76.3 cm³/mol. The molecule has 2 aromatic carbocycles. The minimum atomic E-state index is 0.823. The molecule has 0 aliphatic rings. The molecule has 0 saturated heterocycles. The Kier molecular flexibility index (Phi) is 2.49. The van der Waals surface area contributed by atoms with Crippen molar-refractivity contribution >= 4 is 16.5 Å². The van der Waals surface area contributed by atoms with E-state index in [-0.39, 0.29) is 0 Å². The highest BCUT2D eigenvalue weighted by Gasteiger charge is 2.06. The molecule has 0 saturated carbocycles. The number of anilines is 1. The van der Waals surface area contributed by atoms with Gasteiger partial charge in [-0.1, -0.05) is 42.5 Å². The van der Waals surface area contributed by atoms with Gasteiger partial charge in [0.15, 0.2) is 0 Å². The van der Waals surface area contributed by atoms with E-state index in [0.29, 0.717) is 0 Å². The summed E-state index contributed by atoms with van der Waals surface area (Å²) in [6, 6.07) is 16.4. The zero-order valence-corrected chi connectivity index (χ0v) is 10.2. The molecule has 0 fully saturated rings. The fourth-order valence-electron chi connectivity index (χ4n) is 2.21. The lowest BCUT2D eigenvalue weighted by Crippen LogP contribution is -1.93. The first kappa shape index (κ1) is 10.8. The van der Waals surface area contributed by atoms with Crippen LogP contribution < -0.4 is 5.73 Å². The number of benzene rings is 2. The molecule has 0 amide bonds. The Morgan fingerprint density at radius 1 is 1.00 bits per heavy atom. The van der Waals surface area contributed by atoms with E-state index in [1.165, 1.54) is 0 Å². The van der Waals surface area contributed by atoms with E-state index in [4.69, 9.17) is 5.73 Å². The van der Waals surface area contributed by atoms with Crippen molar-refractivity contribution in [1.82, 2.24) is 4.98 Å². The van der Waals surface area contributed by atoms with Crippen molar-refractivity contribution in [3.05, 3.63) is 60.4 Å². The minimum Gasteiger partial charge on any atom is -0.398 e. The predicted octanol–water partition coefficient (Wildman–Crippen LogP) is 3.79. The number of rotatable bonds is 1. The van der Waals surface area contributed by atoms with Gasteiger partial charge in [-0.3, -0.25) is 4.98 Å². The second-order valence-electron chi connectivity index (χ2n) is 4.44. The van der Waals surface area contributed by atoms with Crippen LogP contribution in [0.3, 0.4) is 0 Å². The molecule has 0 unspecified atom stereocenters. The molecule has 0 radical (unpaired) electrons. The van der Waals surface area contributed by atoms with E-state index in [2.05, 4.69) is 29.2 Å². The molecular formula is C16H14N2. The van der Waals surface area contributed by atoms with Gasteiger partial charge in [0.05, 0.1) is 0 Å². The van der Waals surface area contributed by atoms with E-state index in [0.717, 1.165) is 33.3 Å². The Hall–Kier alpha value is -2.35.